The summed E-state index contributed by atoms with van der Waals surface area (Å²) in [6.07, 6.45) is 1.43. The minimum absolute atomic E-state index is 0.0568. The van der Waals surface area contributed by atoms with Crippen LogP contribution in [0.1, 0.15) is 16.8 Å². The summed E-state index contributed by atoms with van der Waals surface area (Å²) in [7, 11) is -2.11. The Labute approximate surface area is 139 Å². The molecule has 122 valence electrons. The van der Waals surface area contributed by atoms with Gasteiger partial charge in [-0.1, -0.05) is 6.07 Å². The highest BCUT2D eigenvalue weighted by Gasteiger charge is 2.19. The van der Waals surface area contributed by atoms with Gasteiger partial charge in [0.15, 0.2) is 5.65 Å². The second-order valence-corrected chi connectivity index (χ2v) is 7.17. The first kappa shape index (κ1) is 16.0. The van der Waals surface area contributed by atoms with Crippen LogP contribution in [0, 0.1) is 25.2 Å². The Kier molecular flexibility index (Phi) is 3.73. The Morgan fingerprint density at radius 1 is 1.25 bits per heavy atom. The van der Waals surface area contributed by atoms with Crippen molar-refractivity contribution >= 4 is 26.7 Å². The van der Waals surface area contributed by atoms with Crippen LogP contribution in [-0.4, -0.2) is 23.2 Å². The summed E-state index contributed by atoms with van der Waals surface area (Å²) in [6, 6.07) is 8.23. The van der Waals surface area contributed by atoms with Crippen LogP contribution in [0.3, 0.4) is 0 Å². The molecule has 0 saturated carbocycles. The van der Waals surface area contributed by atoms with Gasteiger partial charge in [-0.3, -0.25) is 9.40 Å². The second-order valence-electron chi connectivity index (χ2n) is 5.52. The fourth-order valence-corrected chi connectivity index (χ4v) is 3.71. The molecule has 1 aromatic carbocycles. The van der Waals surface area contributed by atoms with Crippen LogP contribution in [0.25, 0.3) is 11.0 Å². The molecule has 0 bridgehead atoms. The highest BCUT2D eigenvalue weighted by Crippen LogP contribution is 2.23. The van der Waals surface area contributed by atoms with Crippen LogP contribution in [0.2, 0.25) is 0 Å². The Morgan fingerprint density at radius 2 is 2.00 bits per heavy atom. The number of nitriles is 1. The van der Waals surface area contributed by atoms with E-state index < -0.39 is 10.0 Å². The lowest BCUT2D eigenvalue weighted by atomic mass is 10.2. The Bertz CT molecular complexity index is 1090. The van der Waals surface area contributed by atoms with E-state index in [1.54, 1.807) is 36.9 Å². The first-order valence-corrected chi connectivity index (χ1v) is 8.63. The average molecular weight is 341 g/mol. The number of rotatable bonds is 3. The summed E-state index contributed by atoms with van der Waals surface area (Å²) in [5, 5.41) is 14.2. The van der Waals surface area contributed by atoms with E-state index >= 15 is 0 Å². The summed E-state index contributed by atoms with van der Waals surface area (Å²) >= 11 is 0. The van der Waals surface area contributed by atoms with Crippen molar-refractivity contribution in [3.63, 3.8) is 0 Å². The molecule has 7 nitrogen and oxygen atoms in total. The predicted octanol–water partition coefficient (Wildman–Crippen LogP) is 2.26. The fraction of sp³-hybridized carbons (Fsp3) is 0.188. The van der Waals surface area contributed by atoms with Gasteiger partial charge >= 0.3 is 0 Å². The standard InChI is InChI=1S/C16H15N5O2S/c1-10-4-5-15(12(6-10)8-17)24(22,23)20-13-7-14-11(2)19-21(3)16(14)18-9-13/h4-7,9,20H,1-3H3. The molecule has 3 rings (SSSR count). The number of aromatic nitrogens is 3. The minimum Gasteiger partial charge on any atom is -0.278 e. The van der Waals surface area contributed by atoms with Crippen molar-refractivity contribution in [2.45, 2.75) is 18.7 Å². The molecule has 0 aliphatic rings. The maximum atomic E-state index is 12.6. The van der Waals surface area contributed by atoms with E-state index in [-0.39, 0.29) is 10.5 Å². The van der Waals surface area contributed by atoms with Crippen molar-refractivity contribution in [2.75, 3.05) is 4.72 Å². The topological polar surface area (TPSA) is 101 Å². The summed E-state index contributed by atoms with van der Waals surface area (Å²) in [5.74, 6) is 0. The summed E-state index contributed by atoms with van der Waals surface area (Å²) in [5.41, 5.74) is 2.68. The Morgan fingerprint density at radius 3 is 2.71 bits per heavy atom. The maximum absolute atomic E-state index is 12.6. The number of nitrogens with zero attached hydrogens (tertiary/aromatic N) is 4. The van der Waals surface area contributed by atoms with Gasteiger partial charge < -0.3 is 0 Å². The lowest BCUT2D eigenvalue weighted by molar-refractivity contribution is 0.601. The second kappa shape index (κ2) is 5.62. The van der Waals surface area contributed by atoms with Crippen molar-refractivity contribution in [1.29, 1.82) is 5.26 Å². The van der Waals surface area contributed by atoms with Gasteiger partial charge in [-0.25, -0.2) is 13.4 Å². The zero-order chi connectivity index (χ0) is 17.5. The molecule has 0 aliphatic heterocycles. The van der Waals surface area contributed by atoms with Crippen LogP contribution in [0.15, 0.2) is 35.4 Å². The molecule has 0 fully saturated rings. The quantitative estimate of drug-likeness (QED) is 0.787. The van der Waals surface area contributed by atoms with Crippen molar-refractivity contribution in [3.05, 3.63) is 47.3 Å². The number of hydrogen-bond acceptors (Lipinski definition) is 5. The lowest BCUT2D eigenvalue weighted by Crippen LogP contribution is -2.14. The van der Waals surface area contributed by atoms with Gasteiger partial charge in [-0.05, 0) is 37.6 Å². The lowest BCUT2D eigenvalue weighted by Gasteiger charge is -2.10. The smallest absolute Gasteiger partial charge is 0.263 e. The summed E-state index contributed by atoms with van der Waals surface area (Å²) < 4.78 is 29.3. The third-order valence-corrected chi connectivity index (χ3v) is 5.10. The van der Waals surface area contributed by atoms with Gasteiger partial charge in [0.25, 0.3) is 10.0 Å². The zero-order valence-corrected chi connectivity index (χ0v) is 14.2. The molecule has 0 amide bonds. The molecule has 0 radical (unpaired) electrons. The molecule has 8 heteroatoms. The molecule has 24 heavy (non-hydrogen) atoms. The third-order valence-electron chi connectivity index (χ3n) is 3.66. The molecular weight excluding hydrogens is 326 g/mol. The maximum Gasteiger partial charge on any atom is 0.263 e. The van der Waals surface area contributed by atoms with Gasteiger partial charge in [0.2, 0.25) is 0 Å². The predicted molar refractivity (Wildman–Crippen MR) is 89.9 cm³/mol. The first-order chi connectivity index (χ1) is 11.3. The summed E-state index contributed by atoms with van der Waals surface area (Å²) in [4.78, 5) is 4.19. The van der Waals surface area contributed by atoms with Crippen molar-refractivity contribution in [2.24, 2.45) is 7.05 Å². The third kappa shape index (κ3) is 2.70. The largest absolute Gasteiger partial charge is 0.278 e. The van der Waals surface area contributed by atoms with Crippen LogP contribution in [0.5, 0.6) is 0 Å². The van der Waals surface area contributed by atoms with E-state index in [9.17, 15) is 13.7 Å². The molecule has 3 aromatic rings. The van der Waals surface area contributed by atoms with Crippen LogP contribution >= 0.6 is 0 Å². The SMILES string of the molecule is Cc1ccc(S(=O)(=O)Nc2cnc3c(c2)c(C)nn3C)c(C#N)c1. The van der Waals surface area contributed by atoms with Gasteiger partial charge in [0, 0.05) is 12.4 Å². The Hall–Kier alpha value is -2.92. The number of anilines is 1. The number of fused-ring (bicyclic) bond motifs is 1. The molecule has 0 unspecified atom stereocenters. The molecule has 0 saturated heterocycles. The van der Waals surface area contributed by atoms with Gasteiger partial charge in [0.05, 0.1) is 23.1 Å². The van der Waals surface area contributed by atoms with E-state index in [0.29, 0.717) is 11.3 Å². The molecule has 2 heterocycles. The number of sulfonamides is 1. The molecule has 1 N–H and O–H groups in total. The fourth-order valence-electron chi connectivity index (χ4n) is 2.54. The van der Waals surface area contributed by atoms with E-state index in [4.69, 9.17) is 0 Å². The molecular formula is C16H15N5O2S. The highest BCUT2D eigenvalue weighted by molar-refractivity contribution is 7.92. The number of pyridine rings is 1. The molecule has 0 atom stereocenters. The van der Waals surface area contributed by atoms with E-state index in [1.165, 1.54) is 12.3 Å². The first-order valence-electron chi connectivity index (χ1n) is 7.15. The van der Waals surface area contributed by atoms with E-state index in [2.05, 4.69) is 14.8 Å². The monoisotopic (exact) mass is 341 g/mol. The minimum atomic E-state index is -3.89. The molecule has 0 aliphatic carbocycles. The van der Waals surface area contributed by atoms with Crippen LogP contribution in [-0.2, 0) is 17.1 Å². The normalized spacial score (nSPS) is 11.4. The summed E-state index contributed by atoms with van der Waals surface area (Å²) in [6.45, 7) is 3.63. The molecule has 0 spiro atoms. The highest BCUT2D eigenvalue weighted by atomic mass is 32.2. The number of benzene rings is 1. The average Bonchev–Trinajstić information content (AvgIpc) is 2.80. The van der Waals surface area contributed by atoms with Crippen LogP contribution in [0.4, 0.5) is 5.69 Å². The Balaban J connectivity index is 2.04. The van der Waals surface area contributed by atoms with Gasteiger partial charge in [-0.15, -0.1) is 0 Å². The van der Waals surface area contributed by atoms with Crippen molar-refractivity contribution < 1.29 is 8.42 Å². The van der Waals surface area contributed by atoms with Gasteiger partial charge in [-0.2, -0.15) is 10.4 Å². The zero-order valence-electron chi connectivity index (χ0n) is 13.4. The van der Waals surface area contributed by atoms with Crippen molar-refractivity contribution in [3.8, 4) is 6.07 Å². The van der Waals surface area contributed by atoms with Crippen molar-refractivity contribution in [1.82, 2.24) is 14.8 Å². The van der Waals surface area contributed by atoms with Crippen LogP contribution < -0.4 is 4.72 Å². The molecule has 2 aromatic heterocycles. The van der Waals surface area contributed by atoms with E-state index in [1.807, 2.05) is 13.0 Å². The number of hydrogen-bond donors (Lipinski definition) is 1. The van der Waals surface area contributed by atoms with E-state index in [0.717, 1.165) is 16.6 Å². The number of aryl methyl sites for hydroxylation is 3. The van der Waals surface area contributed by atoms with Gasteiger partial charge in [0.1, 0.15) is 11.0 Å². The number of nitrogens with one attached hydrogen (secondary N) is 1.